The van der Waals surface area contributed by atoms with Gasteiger partial charge in [-0.1, -0.05) is 18.2 Å². The molecule has 4 nitrogen and oxygen atoms in total. The number of aliphatic hydroxyl groups excluding tert-OH is 1. The van der Waals surface area contributed by atoms with Gasteiger partial charge < -0.3 is 15.2 Å². The van der Waals surface area contributed by atoms with E-state index in [1.807, 2.05) is 18.2 Å². The van der Waals surface area contributed by atoms with E-state index < -0.39 is 6.10 Å². The van der Waals surface area contributed by atoms with E-state index in [1.54, 1.807) is 13.2 Å². The molecule has 0 radical (unpaired) electrons. The molecule has 1 aliphatic heterocycles. The second-order valence-corrected chi connectivity index (χ2v) is 3.90. The van der Waals surface area contributed by atoms with Crippen molar-refractivity contribution >= 4 is 5.91 Å². The molecule has 0 spiro atoms. The number of hydrogen-bond acceptors (Lipinski definition) is 3. The highest BCUT2D eigenvalue weighted by Crippen LogP contribution is 2.29. The van der Waals surface area contributed by atoms with Gasteiger partial charge in [-0.15, -0.1) is 0 Å². The zero-order chi connectivity index (χ0) is 11.5. The topological polar surface area (TPSA) is 58.6 Å². The number of para-hydroxylation sites is 1. The molecule has 0 aliphatic carbocycles. The molecule has 16 heavy (non-hydrogen) atoms. The van der Waals surface area contributed by atoms with E-state index in [2.05, 4.69) is 5.32 Å². The SMILES string of the molecule is COc1ccccc1[C@H](O)[C@H]1CCC(=O)N1. The van der Waals surface area contributed by atoms with E-state index >= 15 is 0 Å². The van der Waals surface area contributed by atoms with Gasteiger partial charge in [0.25, 0.3) is 0 Å². The van der Waals surface area contributed by atoms with Gasteiger partial charge in [0.2, 0.25) is 5.91 Å². The molecule has 4 heteroatoms. The summed E-state index contributed by atoms with van der Waals surface area (Å²) in [6.45, 7) is 0. The van der Waals surface area contributed by atoms with Crippen molar-refractivity contribution in [3.05, 3.63) is 29.8 Å². The Morgan fingerprint density at radius 2 is 2.25 bits per heavy atom. The Bertz CT molecular complexity index is 392. The molecule has 86 valence electrons. The minimum atomic E-state index is -0.706. The van der Waals surface area contributed by atoms with Gasteiger partial charge >= 0.3 is 0 Å². The number of carbonyl (C=O) groups excluding carboxylic acids is 1. The Kier molecular flexibility index (Phi) is 3.10. The lowest BCUT2D eigenvalue weighted by molar-refractivity contribution is -0.119. The fourth-order valence-corrected chi connectivity index (χ4v) is 2.00. The highest BCUT2D eigenvalue weighted by molar-refractivity contribution is 5.78. The molecule has 1 saturated heterocycles. The van der Waals surface area contributed by atoms with E-state index in [4.69, 9.17) is 4.74 Å². The monoisotopic (exact) mass is 221 g/mol. The number of carbonyl (C=O) groups is 1. The van der Waals surface area contributed by atoms with Crippen LogP contribution in [0.5, 0.6) is 5.75 Å². The summed E-state index contributed by atoms with van der Waals surface area (Å²) in [5.41, 5.74) is 0.720. The van der Waals surface area contributed by atoms with Gasteiger partial charge in [-0.2, -0.15) is 0 Å². The van der Waals surface area contributed by atoms with Gasteiger partial charge in [-0.05, 0) is 12.5 Å². The first kappa shape index (κ1) is 11.0. The van der Waals surface area contributed by atoms with Crippen molar-refractivity contribution in [2.45, 2.75) is 25.0 Å². The first-order chi connectivity index (χ1) is 7.72. The fourth-order valence-electron chi connectivity index (χ4n) is 2.00. The third kappa shape index (κ3) is 2.02. The molecular formula is C12H15NO3. The summed E-state index contributed by atoms with van der Waals surface area (Å²) in [6.07, 6.45) is 0.442. The molecule has 1 aromatic rings. The average molecular weight is 221 g/mol. The van der Waals surface area contributed by atoms with E-state index in [-0.39, 0.29) is 11.9 Å². The summed E-state index contributed by atoms with van der Waals surface area (Å²) in [4.78, 5) is 11.1. The van der Waals surface area contributed by atoms with Crippen molar-refractivity contribution in [2.75, 3.05) is 7.11 Å². The van der Waals surface area contributed by atoms with E-state index in [1.165, 1.54) is 0 Å². The van der Waals surface area contributed by atoms with Crippen molar-refractivity contribution in [2.24, 2.45) is 0 Å². The summed E-state index contributed by atoms with van der Waals surface area (Å²) < 4.78 is 5.18. The average Bonchev–Trinajstić information content (AvgIpc) is 2.75. The van der Waals surface area contributed by atoms with Crippen molar-refractivity contribution in [3.63, 3.8) is 0 Å². The van der Waals surface area contributed by atoms with Gasteiger partial charge in [0.15, 0.2) is 0 Å². The summed E-state index contributed by atoms with van der Waals surface area (Å²) >= 11 is 0. The molecule has 1 aliphatic rings. The largest absolute Gasteiger partial charge is 0.496 e. The molecule has 2 rings (SSSR count). The maximum atomic E-state index is 11.1. The molecule has 0 saturated carbocycles. The maximum absolute atomic E-state index is 11.1. The fraction of sp³-hybridized carbons (Fsp3) is 0.417. The number of methoxy groups -OCH3 is 1. The number of rotatable bonds is 3. The van der Waals surface area contributed by atoms with Crippen LogP contribution in [0.3, 0.4) is 0 Å². The summed E-state index contributed by atoms with van der Waals surface area (Å²) in [5, 5.41) is 12.9. The minimum absolute atomic E-state index is 0.000974. The van der Waals surface area contributed by atoms with Crippen LogP contribution in [0, 0.1) is 0 Å². The lowest BCUT2D eigenvalue weighted by atomic mass is 10.0. The third-order valence-electron chi connectivity index (χ3n) is 2.87. The van der Waals surface area contributed by atoms with Crippen LogP contribution in [0.25, 0.3) is 0 Å². The zero-order valence-electron chi connectivity index (χ0n) is 9.14. The molecule has 1 aromatic carbocycles. The van der Waals surface area contributed by atoms with E-state index in [9.17, 15) is 9.90 Å². The molecule has 0 bridgehead atoms. The van der Waals surface area contributed by atoms with Crippen LogP contribution >= 0.6 is 0 Å². The molecular weight excluding hydrogens is 206 g/mol. The number of ether oxygens (including phenoxy) is 1. The van der Waals surface area contributed by atoms with Gasteiger partial charge in [0, 0.05) is 12.0 Å². The smallest absolute Gasteiger partial charge is 0.220 e. The second-order valence-electron chi connectivity index (χ2n) is 3.90. The zero-order valence-corrected chi connectivity index (χ0v) is 9.14. The van der Waals surface area contributed by atoms with Crippen LogP contribution in [0.4, 0.5) is 0 Å². The van der Waals surface area contributed by atoms with Crippen molar-refractivity contribution < 1.29 is 14.6 Å². The molecule has 1 fully saturated rings. The van der Waals surface area contributed by atoms with Gasteiger partial charge in [-0.3, -0.25) is 4.79 Å². The Hall–Kier alpha value is -1.55. The van der Waals surface area contributed by atoms with Crippen LogP contribution in [0.2, 0.25) is 0 Å². The van der Waals surface area contributed by atoms with Crippen LogP contribution in [0.1, 0.15) is 24.5 Å². The van der Waals surface area contributed by atoms with E-state index in [0.29, 0.717) is 18.6 Å². The quantitative estimate of drug-likeness (QED) is 0.800. The van der Waals surface area contributed by atoms with Crippen LogP contribution in [-0.4, -0.2) is 24.2 Å². The Morgan fingerprint density at radius 1 is 1.50 bits per heavy atom. The molecule has 2 atom stereocenters. The standard InChI is InChI=1S/C12H15NO3/c1-16-10-5-3-2-4-8(10)12(15)9-6-7-11(14)13-9/h2-5,9,12,15H,6-7H2,1H3,(H,13,14)/t9-,12+/m1/s1. The maximum Gasteiger partial charge on any atom is 0.220 e. The first-order valence-electron chi connectivity index (χ1n) is 5.32. The highest BCUT2D eigenvalue weighted by atomic mass is 16.5. The predicted octanol–water partition coefficient (Wildman–Crippen LogP) is 1.01. The number of aliphatic hydroxyl groups is 1. The normalized spacial score (nSPS) is 21.6. The van der Waals surface area contributed by atoms with Crippen LogP contribution in [-0.2, 0) is 4.79 Å². The molecule has 2 N–H and O–H groups in total. The Morgan fingerprint density at radius 3 is 2.88 bits per heavy atom. The van der Waals surface area contributed by atoms with Gasteiger partial charge in [0.1, 0.15) is 11.9 Å². The number of amides is 1. The molecule has 0 aromatic heterocycles. The first-order valence-corrected chi connectivity index (χ1v) is 5.32. The Labute approximate surface area is 94.2 Å². The van der Waals surface area contributed by atoms with Gasteiger partial charge in [0.05, 0.1) is 13.2 Å². The summed E-state index contributed by atoms with van der Waals surface area (Å²) in [5.74, 6) is 0.648. The third-order valence-corrected chi connectivity index (χ3v) is 2.87. The van der Waals surface area contributed by atoms with Crippen molar-refractivity contribution in [1.29, 1.82) is 0 Å². The summed E-state index contributed by atoms with van der Waals surface area (Å²) in [6, 6.07) is 7.10. The van der Waals surface area contributed by atoms with Crippen LogP contribution < -0.4 is 10.1 Å². The lowest BCUT2D eigenvalue weighted by Crippen LogP contribution is -2.31. The van der Waals surface area contributed by atoms with Crippen molar-refractivity contribution in [1.82, 2.24) is 5.32 Å². The highest BCUT2D eigenvalue weighted by Gasteiger charge is 2.29. The Balaban J connectivity index is 2.19. The predicted molar refractivity (Wildman–Crippen MR) is 59.1 cm³/mol. The number of benzene rings is 1. The molecule has 0 unspecified atom stereocenters. The van der Waals surface area contributed by atoms with E-state index in [0.717, 1.165) is 5.56 Å². The molecule has 1 heterocycles. The minimum Gasteiger partial charge on any atom is -0.496 e. The summed E-state index contributed by atoms with van der Waals surface area (Å²) in [7, 11) is 1.57. The molecule has 1 amide bonds. The van der Waals surface area contributed by atoms with Crippen molar-refractivity contribution in [3.8, 4) is 5.75 Å². The lowest BCUT2D eigenvalue weighted by Gasteiger charge is -2.20. The number of nitrogens with one attached hydrogen (secondary N) is 1. The van der Waals surface area contributed by atoms with Gasteiger partial charge in [-0.25, -0.2) is 0 Å². The second kappa shape index (κ2) is 4.53. The van der Waals surface area contributed by atoms with Crippen LogP contribution in [0.15, 0.2) is 24.3 Å². The number of hydrogen-bond donors (Lipinski definition) is 2.